The number of benzene rings is 1. The molecule has 0 saturated heterocycles. The van der Waals surface area contributed by atoms with Crippen LogP contribution < -0.4 is 0 Å². The highest BCUT2D eigenvalue weighted by Gasteiger charge is 2.35. The number of hydrogen-bond donors (Lipinski definition) is 1. The molecule has 0 heterocycles. The smallest absolute Gasteiger partial charge is 0.254 e. The molecular formula is C15H23NO2. The number of phenols is 1. The van der Waals surface area contributed by atoms with E-state index in [4.69, 9.17) is 0 Å². The number of carbonyl (C=O) groups excluding carboxylic acids is 1. The van der Waals surface area contributed by atoms with Gasteiger partial charge in [-0.25, -0.2) is 0 Å². The highest BCUT2D eigenvalue weighted by Crippen LogP contribution is 2.27. The average Bonchev–Trinajstić information content (AvgIpc) is 2.12. The Hall–Kier alpha value is -1.51. The van der Waals surface area contributed by atoms with Gasteiger partial charge < -0.3 is 10.0 Å². The van der Waals surface area contributed by atoms with E-state index in [1.165, 1.54) is 6.07 Å². The van der Waals surface area contributed by atoms with Gasteiger partial charge in [0.25, 0.3) is 5.91 Å². The summed E-state index contributed by atoms with van der Waals surface area (Å²) < 4.78 is 0. The maximum absolute atomic E-state index is 12.6. The van der Waals surface area contributed by atoms with Crippen molar-refractivity contribution in [3.63, 3.8) is 0 Å². The Kier molecular flexibility index (Phi) is 3.75. The van der Waals surface area contributed by atoms with Crippen molar-refractivity contribution in [2.75, 3.05) is 0 Å². The van der Waals surface area contributed by atoms with Gasteiger partial charge in [0.1, 0.15) is 5.75 Å². The first-order chi connectivity index (χ1) is 8.03. The lowest BCUT2D eigenvalue weighted by atomic mass is 9.94. The summed E-state index contributed by atoms with van der Waals surface area (Å²) in [6.45, 7) is 12.1. The summed E-state index contributed by atoms with van der Waals surface area (Å²) in [6, 6.07) is 6.49. The maximum Gasteiger partial charge on any atom is 0.254 e. The molecule has 100 valence electrons. The number of rotatable bonds is 1. The molecule has 1 aromatic rings. The van der Waals surface area contributed by atoms with E-state index >= 15 is 0 Å². The number of carbonyl (C=O) groups is 1. The second kappa shape index (κ2) is 4.63. The normalized spacial score (nSPS) is 12.3. The first-order valence-corrected chi connectivity index (χ1v) is 6.17. The predicted molar refractivity (Wildman–Crippen MR) is 73.8 cm³/mol. The second-order valence-corrected chi connectivity index (χ2v) is 6.53. The summed E-state index contributed by atoms with van der Waals surface area (Å²) >= 11 is 0. The monoisotopic (exact) mass is 249 g/mol. The molecule has 0 unspecified atom stereocenters. The lowest BCUT2D eigenvalue weighted by Gasteiger charge is -2.45. The fraction of sp³-hybridized carbons (Fsp3) is 0.533. The standard InChI is InChI=1S/C15H23NO2/c1-14(2,3)16(15(4,5)6)13(18)11-8-7-9-12(17)10-11/h7-10,17H,1-6H3. The van der Waals surface area contributed by atoms with Gasteiger partial charge in [-0.2, -0.15) is 0 Å². The van der Waals surface area contributed by atoms with Crippen molar-refractivity contribution >= 4 is 5.91 Å². The molecule has 3 nitrogen and oxygen atoms in total. The van der Waals surface area contributed by atoms with Crippen molar-refractivity contribution in [3.8, 4) is 5.75 Å². The Morgan fingerprint density at radius 1 is 1.06 bits per heavy atom. The molecule has 0 aliphatic heterocycles. The Morgan fingerprint density at radius 2 is 1.56 bits per heavy atom. The highest BCUT2D eigenvalue weighted by atomic mass is 16.3. The van der Waals surface area contributed by atoms with E-state index in [0.29, 0.717) is 5.56 Å². The van der Waals surface area contributed by atoms with Crippen LogP contribution in [0, 0.1) is 0 Å². The molecule has 1 aromatic carbocycles. The third-order valence-electron chi connectivity index (χ3n) is 2.64. The summed E-state index contributed by atoms with van der Waals surface area (Å²) in [5.41, 5.74) is -0.0402. The second-order valence-electron chi connectivity index (χ2n) is 6.53. The van der Waals surface area contributed by atoms with Gasteiger partial charge in [-0.05, 0) is 59.7 Å². The summed E-state index contributed by atoms with van der Waals surface area (Å²) in [4.78, 5) is 14.4. The minimum Gasteiger partial charge on any atom is -0.508 e. The van der Waals surface area contributed by atoms with E-state index in [-0.39, 0.29) is 22.7 Å². The minimum absolute atomic E-state index is 0.0640. The summed E-state index contributed by atoms with van der Waals surface area (Å²) in [7, 11) is 0. The number of hydrogen-bond acceptors (Lipinski definition) is 2. The van der Waals surface area contributed by atoms with Crippen LogP contribution in [0.15, 0.2) is 24.3 Å². The Bertz CT molecular complexity index is 425. The molecule has 0 aromatic heterocycles. The van der Waals surface area contributed by atoms with Gasteiger partial charge in [-0.1, -0.05) is 6.07 Å². The van der Waals surface area contributed by atoms with Gasteiger partial charge in [-0.15, -0.1) is 0 Å². The zero-order valence-corrected chi connectivity index (χ0v) is 12.1. The van der Waals surface area contributed by atoms with Crippen molar-refractivity contribution in [1.29, 1.82) is 0 Å². The molecule has 0 bridgehead atoms. The first-order valence-electron chi connectivity index (χ1n) is 6.17. The third-order valence-corrected chi connectivity index (χ3v) is 2.64. The van der Waals surface area contributed by atoms with Crippen molar-refractivity contribution in [2.24, 2.45) is 0 Å². The Labute approximate surface area is 109 Å². The molecule has 1 N–H and O–H groups in total. The van der Waals surface area contributed by atoms with Gasteiger partial charge in [0.05, 0.1) is 0 Å². The van der Waals surface area contributed by atoms with E-state index in [1.54, 1.807) is 18.2 Å². The number of amides is 1. The predicted octanol–water partition coefficient (Wildman–Crippen LogP) is 3.43. The fourth-order valence-corrected chi connectivity index (χ4v) is 2.38. The largest absolute Gasteiger partial charge is 0.508 e. The summed E-state index contributed by atoms with van der Waals surface area (Å²) in [6.07, 6.45) is 0. The van der Waals surface area contributed by atoms with Gasteiger partial charge in [0, 0.05) is 16.6 Å². The molecule has 0 fully saturated rings. The Morgan fingerprint density at radius 3 is 1.94 bits per heavy atom. The van der Waals surface area contributed by atoms with Crippen molar-refractivity contribution in [3.05, 3.63) is 29.8 Å². The van der Waals surface area contributed by atoms with Crippen LogP contribution in [0.25, 0.3) is 0 Å². The molecule has 3 heteroatoms. The fourth-order valence-electron chi connectivity index (χ4n) is 2.38. The maximum atomic E-state index is 12.6. The van der Waals surface area contributed by atoms with E-state index < -0.39 is 0 Å². The van der Waals surface area contributed by atoms with Crippen LogP contribution in [0.1, 0.15) is 51.9 Å². The molecule has 18 heavy (non-hydrogen) atoms. The topological polar surface area (TPSA) is 40.5 Å². The lowest BCUT2D eigenvalue weighted by molar-refractivity contribution is 0.0270. The van der Waals surface area contributed by atoms with Gasteiger partial charge in [-0.3, -0.25) is 4.79 Å². The number of phenolic OH excluding ortho intramolecular Hbond substituents is 1. The van der Waals surface area contributed by atoms with Crippen LogP contribution >= 0.6 is 0 Å². The molecule has 1 rings (SSSR count). The quantitative estimate of drug-likeness (QED) is 0.828. The summed E-state index contributed by atoms with van der Waals surface area (Å²) in [5.74, 6) is 0.0505. The van der Waals surface area contributed by atoms with Crippen molar-refractivity contribution in [2.45, 2.75) is 52.6 Å². The average molecular weight is 249 g/mol. The van der Waals surface area contributed by atoms with E-state index in [2.05, 4.69) is 0 Å². The van der Waals surface area contributed by atoms with Crippen LogP contribution in [-0.4, -0.2) is 27.0 Å². The minimum atomic E-state index is -0.277. The van der Waals surface area contributed by atoms with E-state index in [1.807, 2.05) is 46.4 Å². The van der Waals surface area contributed by atoms with Crippen molar-refractivity contribution in [1.82, 2.24) is 4.90 Å². The zero-order chi connectivity index (χ0) is 14.1. The van der Waals surface area contributed by atoms with E-state index in [9.17, 15) is 9.90 Å². The van der Waals surface area contributed by atoms with Gasteiger partial charge in [0.2, 0.25) is 0 Å². The molecule has 0 aliphatic rings. The zero-order valence-electron chi connectivity index (χ0n) is 12.1. The third kappa shape index (κ3) is 3.25. The van der Waals surface area contributed by atoms with Crippen LogP contribution in [0.4, 0.5) is 0 Å². The molecule has 0 aliphatic carbocycles. The molecule has 0 atom stereocenters. The van der Waals surface area contributed by atoms with Gasteiger partial charge in [0.15, 0.2) is 0 Å². The SMILES string of the molecule is CC(C)(C)N(C(=O)c1cccc(O)c1)C(C)(C)C. The van der Waals surface area contributed by atoms with Crippen LogP contribution in [0.2, 0.25) is 0 Å². The van der Waals surface area contributed by atoms with E-state index in [0.717, 1.165) is 0 Å². The van der Waals surface area contributed by atoms with Crippen LogP contribution in [-0.2, 0) is 0 Å². The highest BCUT2D eigenvalue weighted by molar-refractivity contribution is 5.95. The molecule has 0 saturated carbocycles. The van der Waals surface area contributed by atoms with Crippen LogP contribution in [0.3, 0.4) is 0 Å². The Balaban J connectivity index is 3.20. The molecular weight excluding hydrogens is 226 g/mol. The van der Waals surface area contributed by atoms with Crippen molar-refractivity contribution < 1.29 is 9.90 Å². The lowest BCUT2D eigenvalue weighted by Crippen LogP contribution is -2.55. The number of aromatic hydroxyl groups is 1. The van der Waals surface area contributed by atoms with Gasteiger partial charge >= 0.3 is 0 Å². The summed E-state index contributed by atoms with van der Waals surface area (Å²) in [5, 5.41) is 9.48. The van der Waals surface area contributed by atoms with Crippen LogP contribution in [0.5, 0.6) is 5.75 Å². The number of nitrogens with zero attached hydrogens (tertiary/aromatic N) is 1. The molecule has 0 spiro atoms. The molecule has 1 amide bonds. The first kappa shape index (κ1) is 14.6. The molecule has 0 radical (unpaired) electrons.